The van der Waals surface area contributed by atoms with Gasteiger partial charge < -0.3 is 28.9 Å². The predicted octanol–water partition coefficient (Wildman–Crippen LogP) is 7.99. The van der Waals surface area contributed by atoms with Crippen LogP contribution in [0.15, 0.2) is 109 Å². The van der Waals surface area contributed by atoms with E-state index < -0.39 is 5.82 Å². The summed E-state index contributed by atoms with van der Waals surface area (Å²) < 4.78 is 22.2. The number of hydrogen-bond acceptors (Lipinski definition) is 7. The highest BCUT2D eigenvalue weighted by molar-refractivity contribution is 6.12. The molecule has 2 fully saturated rings. The van der Waals surface area contributed by atoms with Crippen molar-refractivity contribution in [3.63, 3.8) is 0 Å². The third-order valence-corrected chi connectivity index (χ3v) is 14.1. The van der Waals surface area contributed by atoms with Gasteiger partial charge in [-0.15, -0.1) is 0 Å². The topological polar surface area (TPSA) is 94.5 Å². The Bertz CT molecular complexity index is 2840. The van der Waals surface area contributed by atoms with Crippen LogP contribution in [0.25, 0.3) is 11.3 Å². The smallest absolute Gasteiger partial charge is 0.264 e. The van der Waals surface area contributed by atoms with Gasteiger partial charge in [0.15, 0.2) is 5.82 Å². The van der Waals surface area contributed by atoms with Crippen molar-refractivity contribution in [3.05, 3.63) is 160 Å². The Morgan fingerprint density at radius 3 is 2.31 bits per heavy atom. The van der Waals surface area contributed by atoms with Gasteiger partial charge >= 0.3 is 0 Å². The summed E-state index contributed by atoms with van der Waals surface area (Å²) in [5.74, 6) is -1.29. The summed E-state index contributed by atoms with van der Waals surface area (Å²) >= 11 is 0. The summed E-state index contributed by atoms with van der Waals surface area (Å²) in [6, 6.07) is 32.9. The van der Waals surface area contributed by atoms with Gasteiger partial charge in [-0.25, -0.2) is 9.37 Å². The molecule has 1 spiro atoms. The number of aromatic nitrogens is 2. The van der Waals surface area contributed by atoms with Gasteiger partial charge in [-0.1, -0.05) is 54.6 Å². The molecule has 12 heteroatoms. The number of amides is 3. The highest BCUT2D eigenvalue weighted by Gasteiger charge is 2.50. The van der Waals surface area contributed by atoms with Crippen LogP contribution >= 0.6 is 0 Å². The summed E-state index contributed by atoms with van der Waals surface area (Å²) in [7, 11) is 5.42. The van der Waals surface area contributed by atoms with Crippen molar-refractivity contribution in [1.29, 1.82) is 0 Å². The fourth-order valence-electron chi connectivity index (χ4n) is 10.7. The first-order valence-electron chi connectivity index (χ1n) is 22.5. The number of pyridine rings is 1. The largest absolute Gasteiger partial charge is 0.479 e. The lowest BCUT2D eigenvalue weighted by molar-refractivity contribution is -0.131. The third-order valence-electron chi connectivity index (χ3n) is 14.1. The maximum absolute atomic E-state index is 15.2. The number of likely N-dealkylation sites (tertiary alicyclic amines) is 1. The molecule has 0 N–H and O–H groups in total. The van der Waals surface area contributed by atoms with Crippen LogP contribution in [0, 0.1) is 18.2 Å². The van der Waals surface area contributed by atoms with E-state index in [4.69, 9.17) is 4.74 Å². The number of rotatable bonds is 9. The quantitative estimate of drug-likeness (QED) is 0.146. The molecule has 0 unspecified atom stereocenters. The second-order valence-corrected chi connectivity index (χ2v) is 18.6. The number of hydrogen-bond donors (Lipinski definition) is 0. The van der Waals surface area contributed by atoms with Gasteiger partial charge in [0.25, 0.3) is 11.8 Å². The van der Waals surface area contributed by atoms with Crippen molar-refractivity contribution < 1.29 is 23.5 Å². The first-order valence-corrected chi connectivity index (χ1v) is 22.5. The van der Waals surface area contributed by atoms with Crippen molar-refractivity contribution in [2.24, 2.45) is 12.5 Å². The number of fused-ring (bicyclic) bond motifs is 2. The van der Waals surface area contributed by atoms with Crippen LogP contribution in [0.3, 0.4) is 0 Å². The zero-order chi connectivity index (χ0) is 45.1. The molecule has 6 aromatic rings. The average molecular weight is 872 g/mol. The third kappa shape index (κ3) is 7.73. The fourth-order valence-corrected chi connectivity index (χ4v) is 10.7. The van der Waals surface area contributed by atoms with Gasteiger partial charge in [-0.2, -0.15) is 0 Å². The molecule has 2 saturated heterocycles. The molecule has 0 radical (unpaired) electrons. The van der Waals surface area contributed by atoms with E-state index in [2.05, 4.69) is 65.2 Å². The molecule has 1 atom stereocenters. The molecule has 4 aliphatic heterocycles. The van der Waals surface area contributed by atoms with E-state index in [1.807, 2.05) is 76.9 Å². The fraction of sp³-hybridized carbons (Fsp3) is 0.321. The number of methoxy groups -OCH3 is 1. The maximum Gasteiger partial charge on any atom is 0.264 e. The zero-order valence-corrected chi connectivity index (χ0v) is 37.7. The van der Waals surface area contributed by atoms with Crippen molar-refractivity contribution >= 4 is 34.8 Å². The van der Waals surface area contributed by atoms with Crippen LogP contribution in [0.4, 0.5) is 21.5 Å². The lowest BCUT2D eigenvalue weighted by atomic mass is 9.73. The Morgan fingerprint density at radius 1 is 0.815 bits per heavy atom. The SMILES string of the molecule is COc1ncc(N(C(=O)c2cc(-c3cc4c(cc3C(=O)N3Cc5ccccc5C[C@H]3C)CN(C(=O)Cc3cccc(N5CC6(CN(C)C6)C5)c3)CC4)n(C)c2C)c2ccccc2)cc1F. The van der Waals surface area contributed by atoms with E-state index in [1.165, 1.54) is 35.5 Å². The molecular weight excluding hydrogens is 818 g/mol. The monoisotopic (exact) mass is 871 g/mol. The predicted molar refractivity (Wildman–Crippen MR) is 250 cm³/mol. The molecule has 332 valence electrons. The summed E-state index contributed by atoms with van der Waals surface area (Å²) in [6.45, 7) is 9.77. The molecule has 2 aromatic heterocycles. The van der Waals surface area contributed by atoms with Crippen LogP contribution in [-0.2, 0) is 44.2 Å². The number of carbonyl (C=O) groups excluding carboxylic acids is 3. The molecule has 11 nitrogen and oxygen atoms in total. The maximum atomic E-state index is 15.2. The van der Waals surface area contributed by atoms with Crippen LogP contribution in [0.1, 0.15) is 61.2 Å². The highest BCUT2D eigenvalue weighted by Crippen LogP contribution is 2.42. The molecule has 65 heavy (non-hydrogen) atoms. The molecule has 10 rings (SSSR count). The van der Waals surface area contributed by atoms with Gasteiger partial charge in [0.1, 0.15) is 0 Å². The Balaban J connectivity index is 0.982. The summed E-state index contributed by atoms with van der Waals surface area (Å²) in [6.07, 6.45) is 3.08. The van der Waals surface area contributed by atoms with Gasteiger partial charge in [0.2, 0.25) is 11.8 Å². The molecule has 6 heterocycles. The number of para-hydroxylation sites is 1. The van der Waals surface area contributed by atoms with Crippen molar-refractivity contribution in [2.75, 3.05) is 56.7 Å². The lowest BCUT2D eigenvalue weighted by Crippen LogP contribution is -2.71. The number of halogens is 1. The average Bonchev–Trinajstić information content (AvgIpc) is 3.59. The molecule has 3 amide bonds. The second-order valence-electron chi connectivity index (χ2n) is 18.6. The van der Waals surface area contributed by atoms with Crippen LogP contribution < -0.4 is 14.5 Å². The Labute approximate surface area is 379 Å². The van der Waals surface area contributed by atoms with E-state index in [0.29, 0.717) is 71.7 Å². The highest BCUT2D eigenvalue weighted by atomic mass is 19.1. The Hall–Kier alpha value is -6.79. The second kappa shape index (κ2) is 16.6. The minimum Gasteiger partial charge on any atom is -0.479 e. The van der Waals surface area contributed by atoms with Crippen LogP contribution in [0.5, 0.6) is 5.88 Å². The zero-order valence-electron chi connectivity index (χ0n) is 37.7. The van der Waals surface area contributed by atoms with Crippen molar-refractivity contribution in [3.8, 4) is 17.1 Å². The van der Waals surface area contributed by atoms with E-state index in [0.717, 1.165) is 54.9 Å². The summed E-state index contributed by atoms with van der Waals surface area (Å²) in [5, 5.41) is 0. The summed E-state index contributed by atoms with van der Waals surface area (Å²) in [5.41, 5.74) is 10.7. The number of anilines is 3. The number of carbonyl (C=O) groups is 3. The number of benzene rings is 4. The first kappa shape index (κ1) is 42.2. The van der Waals surface area contributed by atoms with E-state index in [-0.39, 0.29) is 35.3 Å². The minimum absolute atomic E-state index is 0.0582. The van der Waals surface area contributed by atoms with Crippen molar-refractivity contribution in [1.82, 2.24) is 24.3 Å². The van der Waals surface area contributed by atoms with E-state index >= 15 is 9.18 Å². The van der Waals surface area contributed by atoms with Crippen LogP contribution in [0.2, 0.25) is 0 Å². The first-order chi connectivity index (χ1) is 31.4. The molecule has 4 aliphatic rings. The normalized spacial score (nSPS) is 17.5. The number of ether oxygens (including phenoxy) is 1. The molecular formula is C53H54FN7O4. The standard InChI is InChI=1S/C53H54FN7O4/c1-34-20-37-13-9-10-14-39(37)29-60(34)51(63)46-24-40-28-58(49(62)22-36-12-11-17-42(21-36)59-32-53(33-59)30-56(3)31-53)19-18-38(40)23-45(46)48-26-44(35(2)57(48)4)52(64)61(41-15-7-6-8-16-41)43-25-47(54)50(65-5)55-27-43/h6-17,21,23-27,34H,18-20,22,28-33H2,1-5H3/t34-/m1/s1. The van der Waals surface area contributed by atoms with Crippen molar-refractivity contribution in [2.45, 2.75) is 52.2 Å². The Kier molecular flexibility index (Phi) is 10.8. The molecule has 0 aliphatic carbocycles. The number of nitrogens with zero attached hydrogens (tertiary/aromatic N) is 7. The van der Waals surface area contributed by atoms with Crippen LogP contribution in [-0.4, -0.2) is 94.9 Å². The minimum atomic E-state index is -0.692. The van der Waals surface area contributed by atoms with Gasteiger partial charge in [-0.3, -0.25) is 19.3 Å². The molecule has 0 bridgehead atoms. The summed E-state index contributed by atoms with van der Waals surface area (Å²) in [4.78, 5) is 58.3. The van der Waals surface area contributed by atoms with Gasteiger partial charge in [0.05, 0.1) is 31.0 Å². The van der Waals surface area contributed by atoms with Gasteiger partial charge in [0, 0.05) is 104 Å². The van der Waals surface area contributed by atoms with E-state index in [9.17, 15) is 9.59 Å². The molecule has 4 aromatic carbocycles. The van der Waals surface area contributed by atoms with Gasteiger partial charge in [-0.05, 0) is 104 Å². The molecule has 0 saturated carbocycles. The lowest BCUT2D eigenvalue weighted by Gasteiger charge is -2.60. The Morgan fingerprint density at radius 2 is 1.57 bits per heavy atom. The van der Waals surface area contributed by atoms with E-state index in [1.54, 1.807) is 12.1 Å².